The first-order valence-corrected chi connectivity index (χ1v) is 8.55. The summed E-state index contributed by atoms with van der Waals surface area (Å²) in [5.41, 5.74) is -2.03. The van der Waals surface area contributed by atoms with E-state index in [1.165, 1.54) is 19.1 Å². The predicted octanol–water partition coefficient (Wildman–Crippen LogP) is 5.75. The van der Waals surface area contributed by atoms with Crippen molar-refractivity contribution in [3.8, 4) is 11.1 Å². The van der Waals surface area contributed by atoms with E-state index in [1.807, 2.05) is 4.90 Å². The van der Waals surface area contributed by atoms with Gasteiger partial charge in [0.25, 0.3) is 6.43 Å². The van der Waals surface area contributed by atoms with Crippen LogP contribution in [0.5, 0.6) is 0 Å². The highest BCUT2D eigenvalue weighted by Crippen LogP contribution is 2.41. The summed E-state index contributed by atoms with van der Waals surface area (Å²) in [5, 5.41) is 0. The summed E-state index contributed by atoms with van der Waals surface area (Å²) >= 11 is 0. The van der Waals surface area contributed by atoms with Gasteiger partial charge in [-0.1, -0.05) is 12.1 Å². The van der Waals surface area contributed by atoms with E-state index in [4.69, 9.17) is 0 Å². The lowest BCUT2D eigenvalue weighted by Gasteiger charge is -2.24. The molecule has 2 nitrogen and oxygen atoms in total. The molecule has 27 heavy (non-hydrogen) atoms. The van der Waals surface area contributed by atoms with E-state index in [1.54, 1.807) is 0 Å². The van der Waals surface area contributed by atoms with Crippen LogP contribution in [0.25, 0.3) is 11.1 Å². The van der Waals surface area contributed by atoms with Gasteiger partial charge in [0.15, 0.2) is 0 Å². The third-order valence-corrected chi connectivity index (χ3v) is 4.76. The van der Waals surface area contributed by atoms with Crippen molar-refractivity contribution in [2.45, 2.75) is 38.9 Å². The Kier molecular flexibility index (Phi) is 5.46. The summed E-state index contributed by atoms with van der Waals surface area (Å²) in [6.07, 6.45) is -6.20. The van der Waals surface area contributed by atoms with E-state index in [0.717, 1.165) is 25.0 Å². The van der Waals surface area contributed by atoms with Gasteiger partial charge in [0.1, 0.15) is 17.2 Å². The van der Waals surface area contributed by atoms with Crippen LogP contribution >= 0.6 is 0 Å². The first kappa shape index (κ1) is 19.7. The molecule has 0 N–H and O–H groups in total. The molecule has 3 rings (SSSR count). The minimum absolute atomic E-state index is 0.0551. The number of benzene rings is 1. The molecule has 0 aliphatic carbocycles. The van der Waals surface area contributed by atoms with Gasteiger partial charge in [0.05, 0.1) is 0 Å². The Morgan fingerprint density at radius 3 is 2.19 bits per heavy atom. The molecule has 0 atom stereocenters. The van der Waals surface area contributed by atoms with Crippen molar-refractivity contribution in [2.24, 2.45) is 0 Å². The molecule has 1 saturated heterocycles. The molecule has 0 saturated carbocycles. The molecule has 2 aromatic rings. The standard InChI is InChI=1S/C19H18F6N2/c1-11-15(12-4-6-13(20)7-5-12)14(10-27-8-2-3-9-27)16(18(21)22)26-17(11)19(23,24)25/h4-7,18H,2-3,8-10H2,1H3. The third-order valence-electron chi connectivity index (χ3n) is 4.76. The second kappa shape index (κ2) is 7.50. The van der Waals surface area contributed by atoms with Crippen molar-refractivity contribution < 1.29 is 26.3 Å². The van der Waals surface area contributed by atoms with Gasteiger partial charge in [-0.2, -0.15) is 13.2 Å². The van der Waals surface area contributed by atoms with Gasteiger partial charge < -0.3 is 0 Å². The average Bonchev–Trinajstić information content (AvgIpc) is 3.08. The van der Waals surface area contributed by atoms with Crippen LogP contribution < -0.4 is 0 Å². The van der Waals surface area contributed by atoms with Gasteiger partial charge in [0, 0.05) is 12.1 Å². The quantitative estimate of drug-likeness (QED) is 0.620. The van der Waals surface area contributed by atoms with E-state index in [2.05, 4.69) is 4.98 Å². The van der Waals surface area contributed by atoms with Gasteiger partial charge in [-0.15, -0.1) is 0 Å². The zero-order valence-corrected chi connectivity index (χ0v) is 14.6. The minimum atomic E-state index is -4.87. The van der Waals surface area contributed by atoms with E-state index in [9.17, 15) is 26.3 Å². The highest BCUT2D eigenvalue weighted by Gasteiger charge is 2.38. The van der Waals surface area contributed by atoms with E-state index >= 15 is 0 Å². The van der Waals surface area contributed by atoms with Gasteiger partial charge in [0.2, 0.25) is 0 Å². The SMILES string of the molecule is Cc1c(C(F)(F)F)nc(C(F)F)c(CN2CCCC2)c1-c1ccc(F)cc1. The van der Waals surface area contributed by atoms with Crippen LogP contribution in [0.15, 0.2) is 24.3 Å². The lowest BCUT2D eigenvalue weighted by molar-refractivity contribution is -0.141. The Hall–Kier alpha value is -2.09. The number of halogens is 6. The second-order valence-corrected chi connectivity index (χ2v) is 6.61. The smallest absolute Gasteiger partial charge is 0.299 e. The summed E-state index contributed by atoms with van der Waals surface area (Å²) in [4.78, 5) is 5.23. The fraction of sp³-hybridized carbons (Fsp3) is 0.421. The van der Waals surface area contributed by atoms with Gasteiger partial charge in [-0.25, -0.2) is 18.2 Å². The number of nitrogens with zero attached hydrogens (tertiary/aromatic N) is 2. The summed E-state index contributed by atoms with van der Waals surface area (Å²) < 4.78 is 80.8. The maximum Gasteiger partial charge on any atom is 0.433 e. The fourth-order valence-electron chi connectivity index (χ4n) is 3.53. The zero-order valence-electron chi connectivity index (χ0n) is 14.6. The van der Waals surface area contributed by atoms with Crippen LogP contribution in [-0.4, -0.2) is 23.0 Å². The molecular weight excluding hydrogens is 370 g/mol. The lowest BCUT2D eigenvalue weighted by Crippen LogP contribution is -2.23. The lowest BCUT2D eigenvalue weighted by atomic mass is 9.92. The molecule has 1 fully saturated rings. The molecule has 0 spiro atoms. The summed E-state index contributed by atoms with van der Waals surface area (Å²) in [6.45, 7) is 2.67. The molecule has 0 unspecified atom stereocenters. The summed E-state index contributed by atoms with van der Waals surface area (Å²) in [5.74, 6) is -0.559. The Labute approximate surface area is 152 Å². The normalized spacial score (nSPS) is 15.7. The molecule has 2 heterocycles. The van der Waals surface area contributed by atoms with Gasteiger partial charge in [-0.3, -0.25) is 4.90 Å². The number of alkyl halides is 5. The Bertz CT molecular complexity index is 808. The Morgan fingerprint density at radius 2 is 1.67 bits per heavy atom. The number of likely N-dealkylation sites (tertiary alicyclic amines) is 1. The predicted molar refractivity (Wildman–Crippen MR) is 88.8 cm³/mol. The highest BCUT2D eigenvalue weighted by molar-refractivity contribution is 5.73. The van der Waals surface area contributed by atoms with Crippen LogP contribution in [0.3, 0.4) is 0 Å². The zero-order chi connectivity index (χ0) is 19.8. The maximum absolute atomic E-state index is 13.7. The molecule has 1 aromatic heterocycles. The topological polar surface area (TPSA) is 16.1 Å². The van der Waals surface area contributed by atoms with Crippen LogP contribution in [0, 0.1) is 12.7 Å². The van der Waals surface area contributed by atoms with E-state index < -0.39 is 29.8 Å². The second-order valence-electron chi connectivity index (χ2n) is 6.61. The van der Waals surface area contributed by atoms with Gasteiger partial charge in [-0.05, 0) is 61.7 Å². The molecule has 0 radical (unpaired) electrons. The highest BCUT2D eigenvalue weighted by atomic mass is 19.4. The van der Waals surface area contributed by atoms with E-state index in [0.29, 0.717) is 13.1 Å². The van der Waals surface area contributed by atoms with Crippen LogP contribution in [0.1, 0.15) is 41.8 Å². The number of rotatable bonds is 4. The molecule has 8 heteroatoms. The number of hydrogen-bond acceptors (Lipinski definition) is 2. The van der Waals surface area contributed by atoms with Crippen LogP contribution in [0.4, 0.5) is 26.3 Å². The van der Waals surface area contributed by atoms with Crippen molar-refractivity contribution in [1.82, 2.24) is 9.88 Å². The third kappa shape index (κ3) is 4.10. The fourth-order valence-corrected chi connectivity index (χ4v) is 3.53. The molecule has 1 aliphatic rings. The van der Waals surface area contributed by atoms with E-state index in [-0.39, 0.29) is 28.8 Å². The number of aromatic nitrogens is 1. The molecule has 0 bridgehead atoms. The van der Waals surface area contributed by atoms with Crippen LogP contribution in [-0.2, 0) is 12.7 Å². The number of hydrogen-bond donors (Lipinski definition) is 0. The molecular formula is C19H18F6N2. The average molecular weight is 388 g/mol. The number of pyridine rings is 1. The first-order valence-electron chi connectivity index (χ1n) is 8.55. The van der Waals surface area contributed by atoms with Crippen molar-refractivity contribution in [1.29, 1.82) is 0 Å². The van der Waals surface area contributed by atoms with Crippen molar-refractivity contribution in [2.75, 3.05) is 13.1 Å². The van der Waals surface area contributed by atoms with Gasteiger partial charge >= 0.3 is 6.18 Å². The summed E-state index contributed by atoms with van der Waals surface area (Å²) in [7, 11) is 0. The molecule has 146 valence electrons. The molecule has 1 aromatic carbocycles. The summed E-state index contributed by atoms with van der Waals surface area (Å²) in [6, 6.07) is 4.81. The minimum Gasteiger partial charge on any atom is -0.299 e. The van der Waals surface area contributed by atoms with Crippen molar-refractivity contribution in [3.63, 3.8) is 0 Å². The Balaban J connectivity index is 2.27. The monoisotopic (exact) mass is 388 g/mol. The molecule has 0 amide bonds. The maximum atomic E-state index is 13.7. The first-order chi connectivity index (χ1) is 12.7. The Morgan fingerprint density at radius 1 is 1.07 bits per heavy atom. The molecule has 1 aliphatic heterocycles. The van der Waals surface area contributed by atoms with Crippen molar-refractivity contribution >= 4 is 0 Å². The van der Waals surface area contributed by atoms with Crippen LogP contribution in [0.2, 0.25) is 0 Å². The largest absolute Gasteiger partial charge is 0.433 e. The van der Waals surface area contributed by atoms with Crippen molar-refractivity contribution in [3.05, 3.63) is 52.6 Å².